The summed E-state index contributed by atoms with van der Waals surface area (Å²) in [6, 6.07) is 6.38. The minimum absolute atomic E-state index is 0.117. The molecule has 106 valence electrons. The molecule has 0 aromatic heterocycles. The normalized spacial score (nSPS) is 13.8. The third-order valence-electron chi connectivity index (χ3n) is 2.94. The highest BCUT2D eigenvalue weighted by Gasteiger charge is 2.17. The molecule has 0 spiro atoms. The summed E-state index contributed by atoms with van der Waals surface area (Å²) in [4.78, 5) is 12.0. The van der Waals surface area contributed by atoms with Crippen LogP contribution >= 0.6 is 11.8 Å². The van der Waals surface area contributed by atoms with E-state index in [9.17, 15) is 9.90 Å². The fourth-order valence-electron chi connectivity index (χ4n) is 1.75. The van der Waals surface area contributed by atoms with E-state index >= 15 is 0 Å². The molecule has 0 saturated heterocycles. The zero-order valence-corrected chi connectivity index (χ0v) is 12.2. The molecule has 5 heteroatoms. The number of carbonyl (C=O) groups excluding carboxylic acids is 1. The highest BCUT2D eigenvalue weighted by Crippen LogP contribution is 2.11. The zero-order chi connectivity index (χ0) is 14.3. The molecule has 0 aliphatic rings. The minimum atomic E-state index is -0.555. The van der Waals surface area contributed by atoms with Gasteiger partial charge in [0.2, 0.25) is 5.91 Å². The Labute approximate surface area is 118 Å². The van der Waals surface area contributed by atoms with Crippen LogP contribution in [0.5, 0.6) is 5.75 Å². The fraction of sp³-hybridized carbons (Fsp3) is 0.500. The van der Waals surface area contributed by atoms with E-state index in [1.54, 1.807) is 36.0 Å². The molecule has 4 N–H and O–H groups in total. The molecule has 2 atom stereocenters. The van der Waals surface area contributed by atoms with Crippen molar-refractivity contribution >= 4 is 17.7 Å². The number of aromatic hydroxyl groups is 1. The van der Waals surface area contributed by atoms with Crippen molar-refractivity contribution in [2.75, 3.05) is 12.0 Å². The molecule has 1 unspecified atom stereocenters. The van der Waals surface area contributed by atoms with Crippen LogP contribution in [0.15, 0.2) is 24.3 Å². The van der Waals surface area contributed by atoms with Crippen LogP contribution in [-0.2, 0) is 11.2 Å². The van der Waals surface area contributed by atoms with E-state index in [2.05, 4.69) is 5.32 Å². The zero-order valence-electron chi connectivity index (χ0n) is 11.4. The first-order valence-corrected chi connectivity index (χ1v) is 7.79. The number of hydrogen-bond donors (Lipinski definition) is 3. The van der Waals surface area contributed by atoms with Gasteiger partial charge < -0.3 is 16.2 Å². The van der Waals surface area contributed by atoms with Crippen LogP contribution in [0.4, 0.5) is 0 Å². The average Bonchev–Trinajstić information content (AvgIpc) is 2.40. The summed E-state index contributed by atoms with van der Waals surface area (Å²) < 4.78 is 0. The molecule has 0 bridgehead atoms. The summed E-state index contributed by atoms with van der Waals surface area (Å²) in [6.07, 6.45) is 3.39. The van der Waals surface area contributed by atoms with Crippen molar-refractivity contribution in [1.29, 1.82) is 0 Å². The molecule has 4 nitrogen and oxygen atoms in total. The van der Waals surface area contributed by atoms with E-state index in [-0.39, 0.29) is 17.7 Å². The van der Waals surface area contributed by atoms with Crippen molar-refractivity contribution in [1.82, 2.24) is 5.32 Å². The molecule has 1 rings (SSSR count). The first-order chi connectivity index (χ1) is 9.06. The Hall–Kier alpha value is -1.20. The Morgan fingerprint density at radius 2 is 2.05 bits per heavy atom. The summed E-state index contributed by atoms with van der Waals surface area (Å²) in [6.45, 7) is 2.05. The molecule has 19 heavy (non-hydrogen) atoms. The summed E-state index contributed by atoms with van der Waals surface area (Å²) in [7, 11) is 0. The first-order valence-electron chi connectivity index (χ1n) is 6.39. The van der Waals surface area contributed by atoms with Crippen LogP contribution in [0.2, 0.25) is 0 Å². The summed E-state index contributed by atoms with van der Waals surface area (Å²) >= 11 is 1.71. The predicted molar refractivity (Wildman–Crippen MR) is 80.4 cm³/mol. The first kappa shape index (κ1) is 15.9. The number of thioether (sulfide) groups is 1. The molecule has 1 amide bonds. The van der Waals surface area contributed by atoms with Gasteiger partial charge in [-0.3, -0.25) is 4.79 Å². The molecule has 0 fully saturated rings. The van der Waals surface area contributed by atoms with Gasteiger partial charge >= 0.3 is 0 Å². The van der Waals surface area contributed by atoms with Crippen LogP contribution in [0.25, 0.3) is 0 Å². The Kier molecular flexibility index (Phi) is 6.73. The molecule has 1 aromatic carbocycles. The monoisotopic (exact) mass is 282 g/mol. The van der Waals surface area contributed by atoms with Crippen molar-refractivity contribution in [3.63, 3.8) is 0 Å². The third kappa shape index (κ3) is 5.53. The lowest BCUT2D eigenvalue weighted by atomic mass is 10.1. The van der Waals surface area contributed by atoms with E-state index in [1.165, 1.54) is 0 Å². The number of benzene rings is 1. The molecule has 0 aliphatic heterocycles. The minimum Gasteiger partial charge on any atom is -0.508 e. The summed E-state index contributed by atoms with van der Waals surface area (Å²) in [5.74, 6) is 0.996. The molecule has 0 radical (unpaired) electrons. The number of phenolic OH excluding ortho intramolecular Hbond substituents is 1. The maximum Gasteiger partial charge on any atom is 0.237 e. The number of phenols is 1. The van der Waals surface area contributed by atoms with E-state index in [0.29, 0.717) is 6.42 Å². The predicted octanol–water partition coefficient (Wildman–Crippen LogP) is 1.52. The SMILES string of the molecule is CCC(CSC)NC(=O)[C@@H](N)Cc1ccc(O)cc1. The summed E-state index contributed by atoms with van der Waals surface area (Å²) in [5, 5.41) is 12.2. The van der Waals surface area contributed by atoms with Gasteiger partial charge in [-0.2, -0.15) is 11.8 Å². The van der Waals surface area contributed by atoms with Crippen molar-refractivity contribution in [2.45, 2.75) is 31.8 Å². The van der Waals surface area contributed by atoms with Crippen molar-refractivity contribution in [2.24, 2.45) is 5.73 Å². The number of rotatable bonds is 7. The summed E-state index contributed by atoms with van der Waals surface area (Å²) in [5.41, 5.74) is 6.85. The number of carbonyl (C=O) groups is 1. The van der Waals surface area contributed by atoms with E-state index in [1.807, 2.05) is 13.2 Å². The second-order valence-corrected chi connectivity index (χ2v) is 5.46. The number of amides is 1. The van der Waals surface area contributed by atoms with Gasteiger partial charge in [0.15, 0.2) is 0 Å². The van der Waals surface area contributed by atoms with E-state index < -0.39 is 6.04 Å². The number of nitrogens with two attached hydrogens (primary N) is 1. The van der Waals surface area contributed by atoms with Crippen molar-refractivity contribution in [3.05, 3.63) is 29.8 Å². The maximum absolute atomic E-state index is 12.0. The second kappa shape index (κ2) is 8.07. The van der Waals surface area contributed by atoms with Crippen molar-refractivity contribution < 1.29 is 9.90 Å². The van der Waals surface area contributed by atoms with Gasteiger partial charge in [0.1, 0.15) is 5.75 Å². The number of nitrogens with one attached hydrogen (secondary N) is 1. The van der Waals surface area contributed by atoms with Gasteiger partial charge in [0, 0.05) is 11.8 Å². The van der Waals surface area contributed by atoms with Crippen LogP contribution in [-0.4, -0.2) is 35.1 Å². The Morgan fingerprint density at radius 3 is 2.58 bits per heavy atom. The average molecular weight is 282 g/mol. The van der Waals surface area contributed by atoms with Crippen LogP contribution < -0.4 is 11.1 Å². The fourth-order valence-corrected chi connectivity index (χ4v) is 2.47. The molecule has 0 saturated carbocycles. The quantitative estimate of drug-likeness (QED) is 0.709. The standard InChI is InChI=1S/C14H22N2O2S/c1-3-11(9-19-2)16-14(18)13(15)8-10-4-6-12(17)7-5-10/h4-7,11,13,17H,3,8-9,15H2,1-2H3,(H,16,18)/t11?,13-/m0/s1. The largest absolute Gasteiger partial charge is 0.508 e. The second-order valence-electron chi connectivity index (χ2n) is 4.55. The third-order valence-corrected chi connectivity index (χ3v) is 3.67. The molecule has 0 heterocycles. The molecule has 1 aromatic rings. The van der Waals surface area contributed by atoms with E-state index in [4.69, 9.17) is 5.73 Å². The lowest BCUT2D eigenvalue weighted by Crippen LogP contribution is -2.47. The molecular weight excluding hydrogens is 260 g/mol. The Bertz CT molecular complexity index is 395. The van der Waals surface area contributed by atoms with Gasteiger partial charge in [-0.15, -0.1) is 0 Å². The molecule has 0 aliphatic carbocycles. The number of hydrogen-bond acceptors (Lipinski definition) is 4. The van der Waals surface area contributed by atoms with E-state index in [0.717, 1.165) is 17.7 Å². The van der Waals surface area contributed by atoms with Crippen LogP contribution in [0, 0.1) is 0 Å². The van der Waals surface area contributed by atoms with Gasteiger partial charge in [-0.25, -0.2) is 0 Å². The smallest absolute Gasteiger partial charge is 0.237 e. The van der Waals surface area contributed by atoms with Gasteiger partial charge in [-0.05, 0) is 36.8 Å². The van der Waals surface area contributed by atoms with Crippen LogP contribution in [0.3, 0.4) is 0 Å². The van der Waals surface area contributed by atoms with Crippen LogP contribution in [0.1, 0.15) is 18.9 Å². The highest BCUT2D eigenvalue weighted by molar-refractivity contribution is 7.98. The maximum atomic E-state index is 12.0. The Balaban J connectivity index is 2.50. The van der Waals surface area contributed by atoms with Gasteiger partial charge in [0.05, 0.1) is 6.04 Å². The van der Waals surface area contributed by atoms with Crippen molar-refractivity contribution in [3.8, 4) is 5.75 Å². The molecular formula is C14H22N2O2S. The topological polar surface area (TPSA) is 75.4 Å². The lowest BCUT2D eigenvalue weighted by Gasteiger charge is -2.19. The van der Waals surface area contributed by atoms with Gasteiger partial charge in [-0.1, -0.05) is 19.1 Å². The lowest BCUT2D eigenvalue weighted by molar-refractivity contribution is -0.122. The van der Waals surface area contributed by atoms with Gasteiger partial charge in [0.25, 0.3) is 0 Å². The Morgan fingerprint density at radius 1 is 1.42 bits per heavy atom. The highest BCUT2D eigenvalue weighted by atomic mass is 32.2.